The number of nitrogens with two attached hydrogens (primary N) is 1. The molecule has 4 nitrogen and oxygen atoms in total. The zero-order valence-corrected chi connectivity index (χ0v) is 15.9. The number of amides is 1. The average Bonchev–Trinajstić information content (AvgIpc) is 2.57. The van der Waals surface area contributed by atoms with E-state index in [1.807, 2.05) is 42.5 Å². The molecule has 0 aliphatic heterocycles. The number of nitrogens with zero attached hydrogens (tertiary/aromatic N) is 1. The van der Waals surface area contributed by atoms with Gasteiger partial charge in [0.15, 0.2) is 0 Å². The molecule has 0 atom stereocenters. The molecule has 0 saturated heterocycles. The van der Waals surface area contributed by atoms with Gasteiger partial charge in [-0.15, -0.1) is 0 Å². The molecule has 25 heavy (non-hydrogen) atoms. The second-order valence-electron chi connectivity index (χ2n) is 7.23. The minimum Gasteiger partial charge on any atom is -0.399 e. The molecule has 3 N–H and O–H groups in total. The van der Waals surface area contributed by atoms with Crippen LogP contribution in [0.3, 0.4) is 0 Å². The summed E-state index contributed by atoms with van der Waals surface area (Å²) in [6.45, 7) is 12.4. The molecule has 0 aliphatic rings. The molecule has 1 amide bonds. The van der Waals surface area contributed by atoms with Crippen molar-refractivity contribution in [3.63, 3.8) is 0 Å². The van der Waals surface area contributed by atoms with Crippen LogP contribution >= 0.6 is 0 Å². The van der Waals surface area contributed by atoms with Crippen LogP contribution in [0.5, 0.6) is 0 Å². The van der Waals surface area contributed by atoms with E-state index in [2.05, 4.69) is 44.8 Å². The number of anilines is 3. The molecule has 4 heteroatoms. The Kier molecular flexibility index (Phi) is 5.73. The molecule has 0 heterocycles. The van der Waals surface area contributed by atoms with Gasteiger partial charge < -0.3 is 16.0 Å². The summed E-state index contributed by atoms with van der Waals surface area (Å²) in [6.07, 6.45) is 0. The number of carbonyl (C=O) groups excluding carboxylic acids is 1. The lowest BCUT2D eigenvalue weighted by Gasteiger charge is -2.24. The van der Waals surface area contributed by atoms with E-state index < -0.39 is 0 Å². The van der Waals surface area contributed by atoms with Gasteiger partial charge in [0.1, 0.15) is 0 Å². The van der Waals surface area contributed by atoms with Crippen LogP contribution in [0, 0.1) is 0 Å². The van der Waals surface area contributed by atoms with Crippen LogP contribution < -0.4 is 16.0 Å². The second kappa shape index (κ2) is 7.60. The van der Waals surface area contributed by atoms with Gasteiger partial charge in [-0.2, -0.15) is 0 Å². The maximum atomic E-state index is 12.7. The van der Waals surface area contributed by atoms with Crippen molar-refractivity contribution < 1.29 is 4.79 Å². The van der Waals surface area contributed by atoms with E-state index in [1.165, 1.54) is 5.56 Å². The van der Waals surface area contributed by atoms with Crippen molar-refractivity contribution in [3.8, 4) is 0 Å². The monoisotopic (exact) mass is 339 g/mol. The Morgan fingerprint density at radius 2 is 1.64 bits per heavy atom. The van der Waals surface area contributed by atoms with Crippen molar-refractivity contribution >= 4 is 23.0 Å². The molecule has 0 aliphatic carbocycles. The number of hydrogen-bond donors (Lipinski definition) is 2. The van der Waals surface area contributed by atoms with Gasteiger partial charge in [0.05, 0.1) is 11.4 Å². The molecule has 0 fully saturated rings. The number of rotatable bonds is 5. The highest BCUT2D eigenvalue weighted by atomic mass is 16.1. The van der Waals surface area contributed by atoms with Crippen LogP contribution in [0.25, 0.3) is 0 Å². The third kappa shape index (κ3) is 4.53. The van der Waals surface area contributed by atoms with Gasteiger partial charge in [0.2, 0.25) is 0 Å². The van der Waals surface area contributed by atoms with Gasteiger partial charge in [-0.05, 0) is 55.2 Å². The highest BCUT2D eigenvalue weighted by Crippen LogP contribution is 2.29. The van der Waals surface area contributed by atoms with Gasteiger partial charge in [0.25, 0.3) is 5.91 Å². The van der Waals surface area contributed by atoms with Crippen LogP contribution in [0.1, 0.15) is 50.5 Å². The summed E-state index contributed by atoms with van der Waals surface area (Å²) in [7, 11) is 0. The minimum atomic E-state index is -0.125. The summed E-state index contributed by atoms with van der Waals surface area (Å²) in [4.78, 5) is 14.9. The number of carbonyl (C=O) groups is 1. The standard InChI is InChI=1S/C21H29N3O/c1-6-24(7-2)19-13-12-17(22)14-18(19)23-20(25)15-8-10-16(11-9-15)21(3,4)5/h8-14H,6-7,22H2,1-5H3,(H,23,25). The maximum absolute atomic E-state index is 12.7. The minimum absolute atomic E-state index is 0.0683. The number of nitrogens with one attached hydrogen (secondary N) is 1. The van der Waals surface area contributed by atoms with Crippen LogP contribution in [-0.2, 0) is 5.41 Å². The molecule has 0 aromatic heterocycles. The highest BCUT2D eigenvalue weighted by molar-refractivity contribution is 6.06. The average molecular weight is 339 g/mol. The van der Waals surface area contributed by atoms with E-state index in [0.717, 1.165) is 24.5 Å². The quantitative estimate of drug-likeness (QED) is 0.779. The van der Waals surface area contributed by atoms with Crippen LogP contribution in [0.2, 0.25) is 0 Å². The number of nitrogen functional groups attached to an aromatic ring is 1. The molecule has 0 spiro atoms. The first-order chi connectivity index (χ1) is 11.8. The predicted molar refractivity (Wildman–Crippen MR) is 108 cm³/mol. The summed E-state index contributed by atoms with van der Waals surface area (Å²) >= 11 is 0. The largest absolute Gasteiger partial charge is 0.399 e. The molecular formula is C21H29N3O. The summed E-state index contributed by atoms with van der Waals surface area (Å²) < 4.78 is 0. The zero-order valence-electron chi connectivity index (χ0n) is 15.9. The van der Waals surface area contributed by atoms with Gasteiger partial charge >= 0.3 is 0 Å². The summed E-state index contributed by atoms with van der Waals surface area (Å²) in [5, 5.41) is 3.01. The first kappa shape index (κ1) is 18.8. The topological polar surface area (TPSA) is 58.4 Å². The van der Waals surface area contributed by atoms with Crippen molar-refractivity contribution in [1.29, 1.82) is 0 Å². The lowest BCUT2D eigenvalue weighted by Crippen LogP contribution is -2.24. The number of hydrogen-bond acceptors (Lipinski definition) is 3. The fourth-order valence-corrected chi connectivity index (χ4v) is 2.81. The van der Waals surface area contributed by atoms with Crippen molar-refractivity contribution in [2.24, 2.45) is 0 Å². The molecule has 2 rings (SSSR count). The smallest absolute Gasteiger partial charge is 0.255 e. The normalized spacial score (nSPS) is 11.2. The molecule has 0 unspecified atom stereocenters. The lowest BCUT2D eigenvalue weighted by atomic mass is 9.87. The fraction of sp³-hybridized carbons (Fsp3) is 0.381. The molecule has 134 valence electrons. The third-order valence-electron chi connectivity index (χ3n) is 4.39. The zero-order chi connectivity index (χ0) is 18.6. The van der Waals surface area contributed by atoms with Crippen molar-refractivity contribution in [3.05, 3.63) is 53.6 Å². The van der Waals surface area contributed by atoms with E-state index in [4.69, 9.17) is 5.73 Å². The van der Waals surface area contributed by atoms with E-state index in [1.54, 1.807) is 0 Å². The third-order valence-corrected chi connectivity index (χ3v) is 4.39. The maximum Gasteiger partial charge on any atom is 0.255 e. The first-order valence-corrected chi connectivity index (χ1v) is 8.82. The Labute approximate surface area is 151 Å². The van der Waals surface area contributed by atoms with Crippen LogP contribution in [0.15, 0.2) is 42.5 Å². The Balaban J connectivity index is 2.27. The fourth-order valence-electron chi connectivity index (χ4n) is 2.81. The van der Waals surface area contributed by atoms with Crippen LogP contribution in [0.4, 0.5) is 17.1 Å². The lowest BCUT2D eigenvalue weighted by molar-refractivity contribution is 0.102. The Morgan fingerprint density at radius 1 is 1.04 bits per heavy atom. The molecule has 0 saturated carbocycles. The van der Waals surface area contributed by atoms with E-state index in [9.17, 15) is 4.79 Å². The van der Waals surface area contributed by atoms with E-state index in [-0.39, 0.29) is 11.3 Å². The predicted octanol–water partition coefficient (Wildman–Crippen LogP) is 4.66. The van der Waals surface area contributed by atoms with Gasteiger partial charge in [0, 0.05) is 24.3 Å². The Morgan fingerprint density at radius 3 is 2.16 bits per heavy atom. The molecular weight excluding hydrogens is 310 g/mol. The SMILES string of the molecule is CCN(CC)c1ccc(N)cc1NC(=O)c1ccc(C(C)(C)C)cc1. The van der Waals surface area contributed by atoms with Gasteiger partial charge in [-0.1, -0.05) is 32.9 Å². The highest BCUT2D eigenvalue weighted by Gasteiger charge is 2.16. The van der Waals surface area contributed by atoms with E-state index in [0.29, 0.717) is 11.3 Å². The van der Waals surface area contributed by atoms with Gasteiger partial charge in [-0.25, -0.2) is 0 Å². The van der Waals surface area contributed by atoms with Crippen molar-refractivity contribution in [2.45, 2.75) is 40.0 Å². The molecule has 0 radical (unpaired) electrons. The van der Waals surface area contributed by atoms with E-state index >= 15 is 0 Å². The Bertz CT molecular complexity index is 726. The second-order valence-corrected chi connectivity index (χ2v) is 7.23. The molecule has 2 aromatic rings. The summed E-state index contributed by atoms with van der Waals surface area (Å²) in [6, 6.07) is 13.4. The first-order valence-electron chi connectivity index (χ1n) is 8.82. The molecule has 2 aromatic carbocycles. The van der Waals surface area contributed by atoms with Gasteiger partial charge in [-0.3, -0.25) is 4.79 Å². The Hall–Kier alpha value is -2.49. The van der Waals surface area contributed by atoms with Crippen molar-refractivity contribution in [2.75, 3.05) is 29.0 Å². The molecule has 0 bridgehead atoms. The summed E-state index contributed by atoms with van der Waals surface area (Å²) in [5.41, 5.74) is 10.2. The van der Waals surface area contributed by atoms with Crippen LogP contribution in [-0.4, -0.2) is 19.0 Å². The summed E-state index contributed by atoms with van der Waals surface area (Å²) in [5.74, 6) is -0.125. The van der Waals surface area contributed by atoms with Crippen molar-refractivity contribution in [1.82, 2.24) is 0 Å². The number of benzene rings is 2.